The molecule has 5 N–H and O–H groups in total. The molecule has 0 aromatic carbocycles. The highest BCUT2D eigenvalue weighted by atomic mass is 32.1. The van der Waals surface area contributed by atoms with E-state index >= 15 is 0 Å². The van der Waals surface area contributed by atoms with Crippen molar-refractivity contribution in [3.8, 4) is 0 Å². The first-order valence-corrected chi connectivity index (χ1v) is 8.32. The van der Waals surface area contributed by atoms with Crippen LogP contribution in [0.5, 0.6) is 0 Å². The van der Waals surface area contributed by atoms with Gasteiger partial charge < -0.3 is 26.4 Å². The SMILES string of the molecule is CC(N)C(=O)NC(C)C(=O)N1CCCC1C(=O)NC(CS)C(=O)O. The Morgan fingerprint density at radius 1 is 1.29 bits per heavy atom. The Kier molecular flexibility index (Phi) is 7.49. The van der Waals surface area contributed by atoms with Gasteiger partial charge in [0.1, 0.15) is 18.1 Å². The minimum Gasteiger partial charge on any atom is -0.480 e. The third-order valence-electron chi connectivity index (χ3n) is 3.78. The number of carboxylic acid groups (broad SMARTS) is 1. The molecule has 0 aliphatic carbocycles. The van der Waals surface area contributed by atoms with Crippen LogP contribution in [0, 0.1) is 0 Å². The zero-order valence-electron chi connectivity index (χ0n) is 13.7. The number of nitrogens with zero attached hydrogens (tertiary/aromatic N) is 1. The number of hydrogen-bond acceptors (Lipinski definition) is 6. The van der Waals surface area contributed by atoms with Crippen LogP contribution in [-0.2, 0) is 19.2 Å². The van der Waals surface area contributed by atoms with Crippen molar-refractivity contribution in [2.75, 3.05) is 12.3 Å². The Morgan fingerprint density at radius 3 is 2.42 bits per heavy atom. The highest BCUT2D eigenvalue weighted by molar-refractivity contribution is 7.80. The lowest BCUT2D eigenvalue weighted by molar-refractivity contribution is -0.144. The summed E-state index contributed by atoms with van der Waals surface area (Å²) in [6.45, 7) is 3.39. The molecule has 4 atom stereocenters. The van der Waals surface area contributed by atoms with Crippen LogP contribution in [0.1, 0.15) is 26.7 Å². The zero-order valence-corrected chi connectivity index (χ0v) is 14.6. The maximum atomic E-state index is 12.5. The Balaban J connectivity index is 2.73. The summed E-state index contributed by atoms with van der Waals surface area (Å²) < 4.78 is 0. The van der Waals surface area contributed by atoms with Crippen LogP contribution in [0.3, 0.4) is 0 Å². The largest absolute Gasteiger partial charge is 0.480 e. The highest BCUT2D eigenvalue weighted by Gasteiger charge is 2.37. The number of hydrogen-bond donors (Lipinski definition) is 5. The van der Waals surface area contributed by atoms with Crippen LogP contribution in [-0.4, -0.2) is 70.2 Å². The van der Waals surface area contributed by atoms with Crippen LogP contribution >= 0.6 is 12.6 Å². The van der Waals surface area contributed by atoms with Gasteiger partial charge in [-0.1, -0.05) is 0 Å². The van der Waals surface area contributed by atoms with E-state index in [4.69, 9.17) is 10.8 Å². The van der Waals surface area contributed by atoms with Gasteiger partial charge in [0.05, 0.1) is 6.04 Å². The summed E-state index contributed by atoms with van der Waals surface area (Å²) in [6.07, 6.45) is 1.06. The lowest BCUT2D eigenvalue weighted by Gasteiger charge is -2.28. The van der Waals surface area contributed by atoms with Crippen molar-refractivity contribution >= 4 is 36.3 Å². The molecule has 1 aliphatic rings. The van der Waals surface area contributed by atoms with Gasteiger partial charge >= 0.3 is 5.97 Å². The number of likely N-dealkylation sites (tertiary alicyclic amines) is 1. The third-order valence-corrected chi connectivity index (χ3v) is 4.14. The maximum Gasteiger partial charge on any atom is 0.327 e. The number of carbonyl (C=O) groups is 4. The summed E-state index contributed by atoms with van der Waals surface area (Å²) in [5.74, 6) is -2.64. The summed E-state index contributed by atoms with van der Waals surface area (Å²) in [7, 11) is 0. The molecule has 0 bridgehead atoms. The third kappa shape index (κ3) is 5.10. The molecule has 10 heteroatoms. The summed E-state index contributed by atoms with van der Waals surface area (Å²) in [4.78, 5) is 48.7. The molecule has 0 aromatic rings. The molecule has 0 spiro atoms. The van der Waals surface area contributed by atoms with Gasteiger partial charge in [-0.3, -0.25) is 14.4 Å². The van der Waals surface area contributed by atoms with E-state index in [1.54, 1.807) is 0 Å². The molecule has 1 heterocycles. The number of aliphatic carboxylic acids is 1. The van der Waals surface area contributed by atoms with E-state index in [2.05, 4.69) is 23.3 Å². The fraction of sp³-hybridized carbons (Fsp3) is 0.714. The van der Waals surface area contributed by atoms with Crippen molar-refractivity contribution in [2.24, 2.45) is 5.73 Å². The van der Waals surface area contributed by atoms with E-state index in [0.717, 1.165) is 0 Å². The predicted octanol–water partition coefficient (Wildman–Crippen LogP) is -1.67. The quantitative estimate of drug-likeness (QED) is 0.344. The van der Waals surface area contributed by atoms with Gasteiger partial charge in [-0.15, -0.1) is 0 Å². The normalized spacial score (nSPS) is 20.8. The van der Waals surface area contributed by atoms with Crippen LogP contribution in [0.2, 0.25) is 0 Å². The molecule has 4 unspecified atom stereocenters. The Labute approximate surface area is 145 Å². The second kappa shape index (κ2) is 8.88. The molecule has 0 aromatic heterocycles. The molecule has 136 valence electrons. The lowest BCUT2D eigenvalue weighted by atomic mass is 10.1. The smallest absolute Gasteiger partial charge is 0.327 e. The molecule has 1 rings (SSSR count). The van der Waals surface area contributed by atoms with Crippen LogP contribution in [0.4, 0.5) is 0 Å². The lowest BCUT2D eigenvalue weighted by Crippen LogP contribution is -2.56. The van der Waals surface area contributed by atoms with Gasteiger partial charge in [0, 0.05) is 12.3 Å². The first-order valence-electron chi connectivity index (χ1n) is 7.69. The number of nitrogens with two attached hydrogens (primary N) is 1. The first kappa shape index (κ1) is 20.2. The Hall–Kier alpha value is -1.81. The minimum atomic E-state index is -1.19. The standard InChI is InChI=1S/C14H24N4O5S/c1-7(15)11(19)16-8(2)13(21)18-5-3-4-10(18)12(20)17-9(6-24)14(22)23/h7-10,24H,3-6,15H2,1-2H3,(H,16,19)(H,17,20)(H,22,23). The second-order valence-electron chi connectivity index (χ2n) is 5.79. The van der Waals surface area contributed by atoms with Crippen LogP contribution in [0.25, 0.3) is 0 Å². The van der Waals surface area contributed by atoms with Crippen molar-refractivity contribution < 1.29 is 24.3 Å². The molecule has 0 saturated carbocycles. The van der Waals surface area contributed by atoms with Crippen molar-refractivity contribution in [3.63, 3.8) is 0 Å². The average Bonchev–Trinajstić information content (AvgIpc) is 3.00. The number of carboxylic acids is 1. The average molecular weight is 360 g/mol. The molecule has 0 radical (unpaired) electrons. The molecule has 3 amide bonds. The minimum absolute atomic E-state index is 0.0530. The monoisotopic (exact) mass is 360 g/mol. The van der Waals surface area contributed by atoms with Crippen molar-refractivity contribution in [2.45, 2.75) is 50.9 Å². The topological polar surface area (TPSA) is 142 Å². The molecule has 1 saturated heterocycles. The van der Waals surface area contributed by atoms with E-state index in [9.17, 15) is 19.2 Å². The molecule has 1 fully saturated rings. The van der Waals surface area contributed by atoms with Crippen molar-refractivity contribution in [1.82, 2.24) is 15.5 Å². The van der Waals surface area contributed by atoms with Gasteiger partial charge in [0.25, 0.3) is 0 Å². The molecular weight excluding hydrogens is 336 g/mol. The Morgan fingerprint density at radius 2 is 1.92 bits per heavy atom. The molecule has 9 nitrogen and oxygen atoms in total. The van der Waals surface area contributed by atoms with Gasteiger partial charge in [0.2, 0.25) is 17.7 Å². The van der Waals surface area contributed by atoms with Crippen molar-refractivity contribution in [3.05, 3.63) is 0 Å². The highest BCUT2D eigenvalue weighted by Crippen LogP contribution is 2.19. The summed E-state index contributed by atoms with van der Waals surface area (Å²) in [5, 5.41) is 13.8. The van der Waals surface area contributed by atoms with E-state index in [-0.39, 0.29) is 5.75 Å². The fourth-order valence-electron chi connectivity index (χ4n) is 2.41. The van der Waals surface area contributed by atoms with Gasteiger partial charge in [-0.25, -0.2) is 4.79 Å². The predicted molar refractivity (Wildman–Crippen MR) is 89.4 cm³/mol. The van der Waals surface area contributed by atoms with E-state index in [1.807, 2.05) is 0 Å². The molecule has 1 aliphatic heterocycles. The van der Waals surface area contributed by atoms with E-state index in [1.165, 1.54) is 18.7 Å². The number of carbonyl (C=O) groups excluding carboxylic acids is 3. The van der Waals surface area contributed by atoms with Crippen LogP contribution < -0.4 is 16.4 Å². The number of amides is 3. The Bertz CT molecular complexity index is 513. The van der Waals surface area contributed by atoms with Crippen LogP contribution in [0.15, 0.2) is 0 Å². The van der Waals surface area contributed by atoms with Gasteiger partial charge in [-0.2, -0.15) is 12.6 Å². The summed E-state index contributed by atoms with van der Waals surface area (Å²) in [6, 6.07) is -3.44. The summed E-state index contributed by atoms with van der Waals surface area (Å²) >= 11 is 3.89. The van der Waals surface area contributed by atoms with Gasteiger partial charge in [0.15, 0.2) is 0 Å². The number of rotatable bonds is 7. The first-order chi connectivity index (χ1) is 11.2. The molecular formula is C14H24N4O5S. The van der Waals surface area contributed by atoms with Gasteiger partial charge in [-0.05, 0) is 26.7 Å². The molecule has 24 heavy (non-hydrogen) atoms. The van der Waals surface area contributed by atoms with E-state index in [0.29, 0.717) is 19.4 Å². The maximum absolute atomic E-state index is 12.5. The number of thiol groups is 1. The summed E-state index contributed by atoms with van der Waals surface area (Å²) in [5.41, 5.74) is 5.45. The second-order valence-corrected chi connectivity index (χ2v) is 6.16. The van der Waals surface area contributed by atoms with Crippen molar-refractivity contribution in [1.29, 1.82) is 0 Å². The van der Waals surface area contributed by atoms with E-state index < -0.39 is 47.9 Å². The number of nitrogens with one attached hydrogen (secondary N) is 2. The fourth-order valence-corrected chi connectivity index (χ4v) is 2.66. The zero-order chi connectivity index (χ0) is 18.4.